The second-order valence-electron chi connectivity index (χ2n) is 7.03. The molecule has 2 aromatic rings. The Balaban J connectivity index is 1.93. The fraction of sp³-hybridized carbons (Fsp3) is 0.318. The highest BCUT2D eigenvalue weighted by Crippen LogP contribution is 2.12. The second-order valence-corrected chi connectivity index (χ2v) is 7.03. The van der Waals surface area contributed by atoms with Crippen LogP contribution in [0.5, 0.6) is 0 Å². The van der Waals surface area contributed by atoms with Gasteiger partial charge in [0.15, 0.2) is 6.10 Å². The Morgan fingerprint density at radius 1 is 1.00 bits per heavy atom. The summed E-state index contributed by atoms with van der Waals surface area (Å²) in [6.07, 6.45) is -0.981. The fourth-order valence-corrected chi connectivity index (χ4v) is 2.61. The van der Waals surface area contributed by atoms with E-state index in [-0.39, 0.29) is 23.9 Å². The number of carbonyl (C=O) groups is 3. The molecule has 29 heavy (non-hydrogen) atoms. The van der Waals surface area contributed by atoms with Crippen LogP contribution in [-0.2, 0) is 25.5 Å². The van der Waals surface area contributed by atoms with E-state index in [0.29, 0.717) is 0 Å². The highest BCUT2D eigenvalue weighted by molar-refractivity contribution is 5.95. The van der Waals surface area contributed by atoms with E-state index >= 15 is 0 Å². The molecule has 0 fully saturated rings. The first-order valence-electron chi connectivity index (χ1n) is 9.36. The number of hydrogen-bond donors (Lipinski definition) is 2. The number of hydrogen-bond acceptors (Lipinski definition) is 4. The van der Waals surface area contributed by atoms with Crippen LogP contribution >= 0.6 is 0 Å². The van der Waals surface area contributed by atoms with Crippen LogP contribution in [0.25, 0.3) is 0 Å². The van der Waals surface area contributed by atoms with Crippen molar-refractivity contribution in [2.24, 2.45) is 5.92 Å². The van der Waals surface area contributed by atoms with Crippen molar-refractivity contribution in [3.8, 4) is 0 Å². The molecule has 0 radical (unpaired) electrons. The van der Waals surface area contributed by atoms with Gasteiger partial charge in [-0.15, -0.1) is 0 Å². The summed E-state index contributed by atoms with van der Waals surface area (Å²) in [5.74, 6) is -2.34. The Labute approximate surface area is 169 Å². The normalized spacial score (nSPS) is 12.7. The van der Waals surface area contributed by atoms with Gasteiger partial charge in [0.1, 0.15) is 11.9 Å². The molecule has 0 spiro atoms. The number of benzene rings is 2. The summed E-state index contributed by atoms with van der Waals surface area (Å²) in [6.45, 7) is 4.95. The molecule has 0 aromatic heterocycles. The molecular formula is C22H25FN2O4. The minimum Gasteiger partial charge on any atom is -0.451 e. The summed E-state index contributed by atoms with van der Waals surface area (Å²) in [6, 6.07) is 13.7. The maximum absolute atomic E-state index is 13.2. The zero-order chi connectivity index (χ0) is 21.4. The van der Waals surface area contributed by atoms with E-state index in [9.17, 15) is 18.8 Å². The predicted molar refractivity (Wildman–Crippen MR) is 107 cm³/mol. The lowest BCUT2D eigenvalue weighted by molar-refractivity contribution is -0.157. The molecule has 0 aliphatic heterocycles. The summed E-state index contributed by atoms with van der Waals surface area (Å²) >= 11 is 0. The number of carbonyl (C=O) groups excluding carboxylic acids is 3. The van der Waals surface area contributed by atoms with Crippen molar-refractivity contribution >= 4 is 23.5 Å². The highest BCUT2D eigenvalue weighted by atomic mass is 19.1. The van der Waals surface area contributed by atoms with E-state index in [4.69, 9.17) is 4.74 Å². The Morgan fingerprint density at radius 2 is 1.69 bits per heavy atom. The zero-order valence-electron chi connectivity index (χ0n) is 16.6. The Kier molecular flexibility index (Phi) is 7.88. The van der Waals surface area contributed by atoms with Gasteiger partial charge in [-0.3, -0.25) is 9.59 Å². The standard InChI is InChI=1S/C22H25FN2O4/c1-14(2)20(25-19(26)12-16-8-5-4-6-9-16)22(28)29-15(3)21(27)24-18-11-7-10-17(23)13-18/h4-11,13-15,20H,12H2,1-3H3,(H,24,27)(H,25,26)/t15-,20-/m0/s1. The molecule has 0 heterocycles. The molecule has 6 nitrogen and oxygen atoms in total. The number of rotatable bonds is 8. The molecule has 2 amide bonds. The van der Waals surface area contributed by atoms with Crippen LogP contribution < -0.4 is 10.6 Å². The topological polar surface area (TPSA) is 84.5 Å². The minimum atomic E-state index is -1.11. The quantitative estimate of drug-likeness (QED) is 0.667. The third kappa shape index (κ3) is 7.03. The van der Waals surface area contributed by atoms with Crippen molar-refractivity contribution in [1.29, 1.82) is 0 Å². The van der Waals surface area contributed by atoms with Gasteiger partial charge >= 0.3 is 5.97 Å². The van der Waals surface area contributed by atoms with Gasteiger partial charge in [0.25, 0.3) is 5.91 Å². The molecule has 7 heteroatoms. The van der Waals surface area contributed by atoms with Crippen molar-refractivity contribution in [3.63, 3.8) is 0 Å². The number of nitrogens with one attached hydrogen (secondary N) is 2. The maximum atomic E-state index is 13.2. The predicted octanol–water partition coefficient (Wildman–Crippen LogP) is 3.08. The third-order valence-electron chi connectivity index (χ3n) is 4.20. The van der Waals surface area contributed by atoms with Gasteiger partial charge in [0.05, 0.1) is 6.42 Å². The summed E-state index contributed by atoms with van der Waals surface area (Å²) in [4.78, 5) is 37.0. The van der Waals surface area contributed by atoms with Crippen molar-refractivity contribution < 1.29 is 23.5 Å². The van der Waals surface area contributed by atoms with Crippen molar-refractivity contribution in [2.75, 3.05) is 5.32 Å². The lowest BCUT2D eigenvalue weighted by Gasteiger charge is -2.23. The average Bonchev–Trinajstić information content (AvgIpc) is 2.66. The summed E-state index contributed by atoms with van der Waals surface area (Å²) in [5.41, 5.74) is 1.08. The van der Waals surface area contributed by atoms with Gasteiger partial charge in [0, 0.05) is 5.69 Å². The maximum Gasteiger partial charge on any atom is 0.329 e. The van der Waals surface area contributed by atoms with Crippen molar-refractivity contribution in [1.82, 2.24) is 5.32 Å². The molecule has 0 aliphatic rings. The molecule has 0 unspecified atom stereocenters. The van der Waals surface area contributed by atoms with Gasteiger partial charge in [-0.1, -0.05) is 50.2 Å². The molecular weight excluding hydrogens is 375 g/mol. The zero-order valence-corrected chi connectivity index (χ0v) is 16.6. The van der Waals surface area contributed by atoms with Crippen LogP contribution in [0.4, 0.5) is 10.1 Å². The monoisotopic (exact) mass is 400 g/mol. The largest absolute Gasteiger partial charge is 0.451 e. The average molecular weight is 400 g/mol. The van der Waals surface area contributed by atoms with Crippen LogP contribution in [0, 0.1) is 11.7 Å². The van der Waals surface area contributed by atoms with Crippen molar-refractivity contribution in [3.05, 3.63) is 66.0 Å². The SMILES string of the molecule is CC(C)[C@H](NC(=O)Cc1ccccc1)C(=O)O[C@@H](C)C(=O)Nc1cccc(F)c1. The van der Waals surface area contributed by atoms with Crippen LogP contribution in [0.15, 0.2) is 54.6 Å². The third-order valence-corrected chi connectivity index (χ3v) is 4.20. The first-order chi connectivity index (χ1) is 13.8. The molecule has 2 aromatic carbocycles. The van der Waals surface area contributed by atoms with Gasteiger partial charge < -0.3 is 15.4 Å². The van der Waals surface area contributed by atoms with E-state index in [1.807, 2.05) is 30.3 Å². The van der Waals surface area contributed by atoms with E-state index in [1.54, 1.807) is 13.8 Å². The number of ether oxygens (including phenoxy) is 1. The lowest BCUT2D eigenvalue weighted by Crippen LogP contribution is -2.47. The first-order valence-corrected chi connectivity index (χ1v) is 9.36. The van der Waals surface area contributed by atoms with Gasteiger partial charge in [-0.25, -0.2) is 9.18 Å². The summed E-state index contributed by atoms with van der Waals surface area (Å²) in [5, 5.41) is 5.16. The van der Waals surface area contributed by atoms with Crippen molar-refractivity contribution in [2.45, 2.75) is 39.3 Å². The molecule has 0 aliphatic carbocycles. The number of amides is 2. The minimum absolute atomic E-state index is 0.132. The fourth-order valence-electron chi connectivity index (χ4n) is 2.61. The van der Waals surface area contributed by atoms with Gasteiger partial charge in [-0.05, 0) is 36.6 Å². The van der Waals surface area contributed by atoms with E-state index in [2.05, 4.69) is 10.6 Å². The molecule has 2 N–H and O–H groups in total. The van der Waals surface area contributed by atoms with Gasteiger partial charge in [0.2, 0.25) is 5.91 Å². The summed E-state index contributed by atoms with van der Waals surface area (Å²) < 4.78 is 18.5. The molecule has 2 rings (SSSR count). The molecule has 0 saturated heterocycles. The summed E-state index contributed by atoms with van der Waals surface area (Å²) in [7, 11) is 0. The molecule has 154 valence electrons. The second kappa shape index (κ2) is 10.4. The van der Waals surface area contributed by atoms with Crippen LogP contribution in [-0.4, -0.2) is 29.9 Å². The Bertz CT molecular complexity index is 855. The van der Waals surface area contributed by atoms with E-state index in [1.165, 1.54) is 25.1 Å². The van der Waals surface area contributed by atoms with E-state index in [0.717, 1.165) is 11.6 Å². The van der Waals surface area contributed by atoms with Crippen LogP contribution in [0.2, 0.25) is 0 Å². The highest BCUT2D eigenvalue weighted by Gasteiger charge is 2.29. The molecule has 0 saturated carbocycles. The molecule has 2 atom stereocenters. The van der Waals surface area contributed by atoms with Gasteiger partial charge in [-0.2, -0.15) is 0 Å². The number of esters is 1. The first kappa shape index (κ1) is 22.1. The van der Waals surface area contributed by atoms with Crippen LogP contribution in [0.1, 0.15) is 26.3 Å². The number of anilines is 1. The number of halogens is 1. The van der Waals surface area contributed by atoms with Crippen LogP contribution in [0.3, 0.4) is 0 Å². The molecule has 0 bridgehead atoms. The Morgan fingerprint density at radius 3 is 2.31 bits per heavy atom. The smallest absolute Gasteiger partial charge is 0.329 e. The lowest BCUT2D eigenvalue weighted by atomic mass is 10.0. The van der Waals surface area contributed by atoms with E-state index < -0.39 is 29.8 Å². The Hall–Kier alpha value is -3.22.